The first-order valence-corrected chi connectivity index (χ1v) is 7.38. The molecule has 2 atom stereocenters. The SMILES string of the molecule is COC(=O)C(=O)C1CCC(CCCCCCC(=O)O)C1. The molecule has 0 aliphatic heterocycles. The number of carboxylic acid groups (broad SMARTS) is 1. The first-order valence-electron chi connectivity index (χ1n) is 7.38. The molecule has 0 bridgehead atoms. The van der Waals surface area contributed by atoms with Gasteiger partial charge in [0.15, 0.2) is 0 Å². The lowest BCUT2D eigenvalue weighted by Crippen LogP contribution is -2.23. The molecule has 1 saturated carbocycles. The largest absolute Gasteiger partial charge is 0.481 e. The van der Waals surface area contributed by atoms with Gasteiger partial charge in [-0.1, -0.05) is 25.7 Å². The van der Waals surface area contributed by atoms with Crippen LogP contribution in [0.4, 0.5) is 0 Å². The van der Waals surface area contributed by atoms with E-state index in [4.69, 9.17) is 5.11 Å². The molecule has 0 amide bonds. The van der Waals surface area contributed by atoms with Gasteiger partial charge in [0, 0.05) is 12.3 Å². The minimum absolute atomic E-state index is 0.153. The van der Waals surface area contributed by atoms with E-state index in [1.807, 2.05) is 0 Å². The van der Waals surface area contributed by atoms with Crippen LogP contribution in [0.3, 0.4) is 0 Å². The molecule has 0 saturated heterocycles. The lowest BCUT2D eigenvalue weighted by Gasteiger charge is -2.09. The van der Waals surface area contributed by atoms with E-state index in [1.54, 1.807) is 0 Å². The topological polar surface area (TPSA) is 80.7 Å². The molecule has 0 heterocycles. The highest BCUT2D eigenvalue weighted by molar-refractivity contribution is 6.34. The van der Waals surface area contributed by atoms with Crippen molar-refractivity contribution in [2.75, 3.05) is 7.11 Å². The van der Waals surface area contributed by atoms with Gasteiger partial charge in [-0.2, -0.15) is 0 Å². The summed E-state index contributed by atoms with van der Waals surface area (Å²) >= 11 is 0. The number of carbonyl (C=O) groups excluding carboxylic acids is 2. The zero-order chi connectivity index (χ0) is 15.0. The van der Waals surface area contributed by atoms with E-state index in [-0.39, 0.29) is 18.1 Å². The number of carboxylic acids is 1. The second-order valence-electron chi connectivity index (χ2n) is 5.58. The quantitative estimate of drug-likeness (QED) is 0.400. The van der Waals surface area contributed by atoms with Gasteiger partial charge in [0.2, 0.25) is 5.78 Å². The van der Waals surface area contributed by atoms with Crippen LogP contribution in [-0.4, -0.2) is 29.9 Å². The summed E-state index contributed by atoms with van der Waals surface area (Å²) in [5.74, 6) is -1.46. The molecule has 5 heteroatoms. The van der Waals surface area contributed by atoms with Crippen LogP contribution in [0, 0.1) is 11.8 Å². The summed E-state index contributed by atoms with van der Waals surface area (Å²) < 4.78 is 4.47. The average Bonchev–Trinajstić information content (AvgIpc) is 2.89. The minimum atomic E-state index is -0.732. The molecule has 20 heavy (non-hydrogen) atoms. The minimum Gasteiger partial charge on any atom is -0.481 e. The van der Waals surface area contributed by atoms with Gasteiger partial charge in [-0.25, -0.2) is 4.79 Å². The summed E-state index contributed by atoms with van der Waals surface area (Å²) in [6.45, 7) is 0. The van der Waals surface area contributed by atoms with E-state index in [0.717, 1.165) is 51.4 Å². The Morgan fingerprint density at radius 2 is 1.80 bits per heavy atom. The van der Waals surface area contributed by atoms with Crippen LogP contribution in [0.1, 0.15) is 57.8 Å². The molecule has 1 rings (SSSR count). The molecular weight excluding hydrogens is 260 g/mol. The third-order valence-corrected chi connectivity index (χ3v) is 4.05. The van der Waals surface area contributed by atoms with E-state index in [9.17, 15) is 14.4 Å². The summed E-state index contributed by atoms with van der Waals surface area (Å²) in [5.41, 5.74) is 0. The van der Waals surface area contributed by atoms with Crippen molar-refractivity contribution < 1.29 is 24.2 Å². The van der Waals surface area contributed by atoms with E-state index in [2.05, 4.69) is 4.74 Å². The molecule has 114 valence electrons. The van der Waals surface area contributed by atoms with Gasteiger partial charge < -0.3 is 9.84 Å². The standard InChI is InChI=1S/C15H24O5/c1-20-15(19)14(18)12-9-8-11(10-12)6-4-2-3-5-7-13(16)17/h11-12H,2-10H2,1H3,(H,16,17). The van der Waals surface area contributed by atoms with Crippen molar-refractivity contribution in [3.05, 3.63) is 0 Å². The fraction of sp³-hybridized carbons (Fsp3) is 0.800. The molecule has 5 nitrogen and oxygen atoms in total. The first-order chi connectivity index (χ1) is 9.54. The number of ether oxygens (including phenoxy) is 1. The van der Waals surface area contributed by atoms with E-state index in [0.29, 0.717) is 5.92 Å². The summed E-state index contributed by atoms with van der Waals surface area (Å²) in [6, 6.07) is 0. The van der Waals surface area contributed by atoms with Crippen LogP contribution >= 0.6 is 0 Å². The van der Waals surface area contributed by atoms with E-state index in [1.165, 1.54) is 7.11 Å². The fourth-order valence-electron chi connectivity index (χ4n) is 2.91. The smallest absolute Gasteiger partial charge is 0.374 e. The number of aliphatic carboxylic acids is 1. The van der Waals surface area contributed by atoms with Gasteiger partial charge in [-0.3, -0.25) is 9.59 Å². The zero-order valence-corrected chi connectivity index (χ0v) is 12.1. The Bertz CT molecular complexity index is 350. The van der Waals surface area contributed by atoms with Crippen molar-refractivity contribution in [1.82, 2.24) is 0 Å². The Kier molecular flexibility index (Phi) is 7.26. The second-order valence-corrected chi connectivity index (χ2v) is 5.58. The normalized spacial score (nSPS) is 21.6. The predicted molar refractivity (Wildman–Crippen MR) is 73.2 cm³/mol. The maximum atomic E-state index is 11.7. The number of carbonyl (C=O) groups is 3. The number of unbranched alkanes of at least 4 members (excludes halogenated alkanes) is 3. The van der Waals surface area contributed by atoms with Crippen molar-refractivity contribution in [1.29, 1.82) is 0 Å². The van der Waals surface area contributed by atoms with Crippen molar-refractivity contribution in [3.8, 4) is 0 Å². The maximum Gasteiger partial charge on any atom is 0.374 e. The van der Waals surface area contributed by atoms with Gasteiger partial charge in [0.05, 0.1) is 7.11 Å². The van der Waals surface area contributed by atoms with Crippen molar-refractivity contribution in [2.45, 2.75) is 57.8 Å². The van der Waals surface area contributed by atoms with Crippen LogP contribution in [-0.2, 0) is 19.1 Å². The monoisotopic (exact) mass is 284 g/mol. The van der Waals surface area contributed by atoms with Crippen LogP contribution in [0.25, 0.3) is 0 Å². The number of methoxy groups -OCH3 is 1. The first kappa shape index (κ1) is 16.7. The highest BCUT2D eigenvalue weighted by atomic mass is 16.5. The average molecular weight is 284 g/mol. The van der Waals surface area contributed by atoms with Crippen molar-refractivity contribution in [2.24, 2.45) is 11.8 Å². The van der Waals surface area contributed by atoms with Gasteiger partial charge in [0.25, 0.3) is 0 Å². The van der Waals surface area contributed by atoms with Crippen LogP contribution in [0.5, 0.6) is 0 Å². The number of hydrogen-bond acceptors (Lipinski definition) is 4. The molecule has 2 unspecified atom stereocenters. The number of esters is 1. The Balaban J connectivity index is 2.11. The van der Waals surface area contributed by atoms with Gasteiger partial charge in [0.1, 0.15) is 0 Å². The highest BCUT2D eigenvalue weighted by Gasteiger charge is 2.33. The summed E-state index contributed by atoms with van der Waals surface area (Å²) in [5, 5.41) is 8.52. The van der Waals surface area contributed by atoms with Crippen molar-refractivity contribution >= 4 is 17.7 Å². The van der Waals surface area contributed by atoms with Gasteiger partial charge in [-0.15, -0.1) is 0 Å². The summed E-state index contributed by atoms with van der Waals surface area (Å²) in [6.07, 6.45) is 7.70. The van der Waals surface area contributed by atoms with Crippen LogP contribution in [0.2, 0.25) is 0 Å². The van der Waals surface area contributed by atoms with Crippen molar-refractivity contribution in [3.63, 3.8) is 0 Å². The predicted octanol–water partition coefficient (Wildman–Crippen LogP) is 2.57. The van der Waals surface area contributed by atoms with E-state index >= 15 is 0 Å². The lowest BCUT2D eigenvalue weighted by molar-refractivity contribution is -0.153. The highest BCUT2D eigenvalue weighted by Crippen LogP contribution is 2.35. The zero-order valence-electron chi connectivity index (χ0n) is 12.1. The number of hydrogen-bond donors (Lipinski definition) is 1. The Morgan fingerprint density at radius 3 is 2.45 bits per heavy atom. The van der Waals surface area contributed by atoms with Gasteiger partial charge >= 0.3 is 11.9 Å². The molecular formula is C15H24O5. The molecule has 0 aromatic carbocycles. The molecule has 0 spiro atoms. The van der Waals surface area contributed by atoms with Crippen LogP contribution < -0.4 is 0 Å². The Labute approximate surface area is 119 Å². The molecule has 0 aromatic rings. The molecule has 1 fully saturated rings. The number of ketones is 1. The number of rotatable bonds is 9. The summed E-state index contributed by atoms with van der Waals surface area (Å²) in [4.78, 5) is 33.2. The van der Waals surface area contributed by atoms with E-state index < -0.39 is 11.9 Å². The molecule has 1 N–H and O–H groups in total. The van der Waals surface area contributed by atoms with Crippen LogP contribution in [0.15, 0.2) is 0 Å². The molecule has 0 radical (unpaired) electrons. The van der Waals surface area contributed by atoms with Gasteiger partial charge in [-0.05, 0) is 31.6 Å². The molecule has 1 aliphatic rings. The fourth-order valence-corrected chi connectivity index (χ4v) is 2.91. The number of Topliss-reactive ketones (excluding diaryl/α,β-unsaturated/α-hetero) is 1. The Morgan fingerprint density at radius 1 is 1.10 bits per heavy atom. The second kappa shape index (κ2) is 8.72. The summed E-state index contributed by atoms with van der Waals surface area (Å²) in [7, 11) is 1.24. The lowest BCUT2D eigenvalue weighted by atomic mass is 9.96. The molecule has 0 aromatic heterocycles. The third-order valence-electron chi connectivity index (χ3n) is 4.05. The molecule has 1 aliphatic carbocycles. The third kappa shape index (κ3) is 5.72. The maximum absolute atomic E-state index is 11.7. The Hall–Kier alpha value is -1.39.